The van der Waals surface area contributed by atoms with Crippen molar-refractivity contribution in [2.24, 2.45) is 0 Å². The fourth-order valence-electron chi connectivity index (χ4n) is 4.75. The number of carbonyl (C=O) groups excluding carboxylic acids is 1. The van der Waals surface area contributed by atoms with Gasteiger partial charge in [0.2, 0.25) is 5.91 Å². The van der Waals surface area contributed by atoms with Crippen LogP contribution in [-0.4, -0.2) is 49.7 Å². The first kappa shape index (κ1) is 23.2. The second kappa shape index (κ2) is 11.3. The highest BCUT2D eigenvalue weighted by molar-refractivity contribution is 5.79. The summed E-state index contributed by atoms with van der Waals surface area (Å²) in [5.41, 5.74) is 2.06. The topological polar surface area (TPSA) is 60.0 Å². The zero-order valence-electron chi connectivity index (χ0n) is 19.9. The number of benzene rings is 3. The average Bonchev–Trinajstić information content (AvgIpc) is 3.38. The minimum atomic E-state index is 0.0172. The van der Waals surface area contributed by atoms with Crippen LogP contribution in [0.25, 0.3) is 0 Å². The molecular weight excluding hydrogens is 440 g/mol. The number of carbonyl (C=O) groups is 1. The van der Waals surface area contributed by atoms with Gasteiger partial charge in [-0.3, -0.25) is 4.79 Å². The summed E-state index contributed by atoms with van der Waals surface area (Å²) in [5.74, 6) is 3.10. The molecule has 0 saturated carbocycles. The SMILES string of the molecule is O=C(Cc1cccc(Oc2ccccc2)c1)NC(Cc1ccc2c(c1)OCCO2)CN1CCCC1. The molecule has 6 heteroatoms. The van der Waals surface area contributed by atoms with Crippen molar-refractivity contribution < 1.29 is 19.0 Å². The molecule has 1 fully saturated rings. The molecule has 5 rings (SSSR count). The molecule has 3 aromatic rings. The summed E-state index contributed by atoms with van der Waals surface area (Å²) in [5, 5.41) is 3.30. The van der Waals surface area contributed by atoms with Crippen LogP contribution < -0.4 is 19.5 Å². The maximum Gasteiger partial charge on any atom is 0.224 e. The van der Waals surface area contributed by atoms with Gasteiger partial charge in [0.1, 0.15) is 24.7 Å². The van der Waals surface area contributed by atoms with Gasteiger partial charge in [0.25, 0.3) is 0 Å². The van der Waals surface area contributed by atoms with E-state index in [2.05, 4.69) is 16.3 Å². The summed E-state index contributed by atoms with van der Waals surface area (Å²) >= 11 is 0. The smallest absolute Gasteiger partial charge is 0.224 e. The van der Waals surface area contributed by atoms with Gasteiger partial charge in [-0.15, -0.1) is 0 Å². The molecule has 0 spiro atoms. The van der Waals surface area contributed by atoms with E-state index >= 15 is 0 Å². The van der Waals surface area contributed by atoms with Crippen LogP contribution in [0.15, 0.2) is 72.8 Å². The fourth-order valence-corrected chi connectivity index (χ4v) is 4.75. The summed E-state index contributed by atoms with van der Waals surface area (Å²) in [4.78, 5) is 15.5. The van der Waals surface area contributed by atoms with Crippen molar-refractivity contribution in [2.45, 2.75) is 31.7 Å². The van der Waals surface area contributed by atoms with E-state index in [1.54, 1.807) is 0 Å². The van der Waals surface area contributed by atoms with Crippen molar-refractivity contribution in [3.05, 3.63) is 83.9 Å². The number of ether oxygens (including phenoxy) is 3. The van der Waals surface area contributed by atoms with E-state index in [9.17, 15) is 4.79 Å². The molecule has 0 aliphatic carbocycles. The molecule has 182 valence electrons. The first-order chi connectivity index (χ1) is 17.2. The third-order valence-electron chi connectivity index (χ3n) is 6.37. The number of likely N-dealkylation sites (tertiary alicyclic amines) is 1. The van der Waals surface area contributed by atoms with Crippen molar-refractivity contribution in [1.82, 2.24) is 10.2 Å². The molecule has 1 N–H and O–H groups in total. The van der Waals surface area contributed by atoms with Gasteiger partial charge in [-0.25, -0.2) is 0 Å². The standard InChI is InChI=1S/C29H32N2O4/c32-29(20-22-7-6-10-26(18-22)35-25-8-2-1-3-9-25)30-24(21-31-13-4-5-14-31)17-23-11-12-27-28(19-23)34-16-15-33-27/h1-3,6-12,18-19,24H,4-5,13-17,20-21H2,(H,30,32). The molecule has 0 radical (unpaired) electrons. The van der Waals surface area contributed by atoms with Crippen LogP contribution in [0.3, 0.4) is 0 Å². The van der Waals surface area contributed by atoms with Gasteiger partial charge in [0.05, 0.1) is 6.42 Å². The van der Waals surface area contributed by atoms with Gasteiger partial charge in [-0.2, -0.15) is 0 Å². The Kier molecular flexibility index (Phi) is 7.49. The quantitative estimate of drug-likeness (QED) is 0.493. The van der Waals surface area contributed by atoms with Crippen molar-refractivity contribution in [1.29, 1.82) is 0 Å². The summed E-state index contributed by atoms with van der Waals surface area (Å²) in [6.45, 7) is 4.17. The predicted molar refractivity (Wildman–Crippen MR) is 135 cm³/mol. The average molecular weight is 473 g/mol. The summed E-state index contributed by atoms with van der Waals surface area (Å²) in [7, 11) is 0. The summed E-state index contributed by atoms with van der Waals surface area (Å²) in [6.07, 6.45) is 3.50. The van der Waals surface area contributed by atoms with Gasteiger partial charge in [0, 0.05) is 12.6 Å². The maximum absolute atomic E-state index is 13.1. The molecular formula is C29H32N2O4. The van der Waals surface area contributed by atoms with E-state index in [1.807, 2.05) is 66.7 Å². The zero-order valence-corrected chi connectivity index (χ0v) is 19.9. The molecule has 6 nitrogen and oxygen atoms in total. The number of nitrogens with one attached hydrogen (secondary N) is 1. The second-order valence-corrected chi connectivity index (χ2v) is 9.19. The van der Waals surface area contributed by atoms with Crippen molar-refractivity contribution in [3.8, 4) is 23.0 Å². The van der Waals surface area contributed by atoms with Gasteiger partial charge in [0.15, 0.2) is 11.5 Å². The highest BCUT2D eigenvalue weighted by Crippen LogP contribution is 2.31. The number of amides is 1. The summed E-state index contributed by atoms with van der Waals surface area (Å²) < 4.78 is 17.3. The van der Waals surface area contributed by atoms with E-state index in [0.29, 0.717) is 19.6 Å². The number of fused-ring (bicyclic) bond motifs is 1. The Morgan fingerprint density at radius 3 is 2.46 bits per heavy atom. The lowest BCUT2D eigenvalue weighted by Gasteiger charge is -2.25. The normalized spacial score (nSPS) is 16.0. The lowest BCUT2D eigenvalue weighted by atomic mass is 10.0. The van der Waals surface area contributed by atoms with Crippen LogP contribution >= 0.6 is 0 Å². The molecule has 2 aliphatic heterocycles. The van der Waals surface area contributed by atoms with E-state index in [0.717, 1.165) is 60.2 Å². The van der Waals surface area contributed by atoms with Crippen LogP contribution in [0.5, 0.6) is 23.0 Å². The molecule has 0 bridgehead atoms. The van der Waals surface area contributed by atoms with E-state index in [1.165, 1.54) is 12.8 Å². The van der Waals surface area contributed by atoms with E-state index in [-0.39, 0.29) is 11.9 Å². The highest BCUT2D eigenvalue weighted by Gasteiger charge is 2.21. The number of hydrogen-bond acceptors (Lipinski definition) is 5. The highest BCUT2D eigenvalue weighted by atomic mass is 16.6. The second-order valence-electron chi connectivity index (χ2n) is 9.19. The Labute approximate surface area is 206 Å². The fraction of sp³-hybridized carbons (Fsp3) is 0.345. The molecule has 1 saturated heterocycles. The van der Waals surface area contributed by atoms with Crippen LogP contribution in [-0.2, 0) is 17.6 Å². The number of para-hydroxylation sites is 1. The minimum absolute atomic E-state index is 0.0172. The largest absolute Gasteiger partial charge is 0.486 e. The first-order valence-electron chi connectivity index (χ1n) is 12.4. The number of hydrogen-bond donors (Lipinski definition) is 1. The monoisotopic (exact) mass is 472 g/mol. The Bertz CT molecular complexity index is 1130. The summed E-state index contributed by atoms with van der Waals surface area (Å²) in [6, 6.07) is 23.5. The van der Waals surface area contributed by atoms with Crippen LogP contribution in [0.1, 0.15) is 24.0 Å². The van der Waals surface area contributed by atoms with Gasteiger partial charge >= 0.3 is 0 Å². The molecule has 2 heterocycles. The van der Waals surface area contributed by atoms with Crippen LogP contribution in [0.2, 0.25) is 0 Å². The van der Waals surface area contributed by atoms with Crippen molar-refractivity contribution >= 4 is 5.91 Å². The van der Waals surface area contributed by atoms with Gasteiger partial charge < -0.3 is 24.4 Å². The molecule has 3 aromatic carbocycles. The minimum Gasteiger partial charge on any atom is -0.486 e. The zero-order chi connectivity index (χ0) is 23.9. The third-order valence-corrected chi connectivity index (χ3v) is 6.37. The number of rotatable bonds is 9. The van der Waals surface area contributed by atoms with E-state index in [4.69, 9.17) is 14.2 Å². The molecule has 1 atom stereocenters. The molecule has 1 amide bonds. The maximum atomic E-state index is 13.1. The lowest BCUT2D eigenvalue weighted by Crippen LogP contribution is -2.45. The Morgan fingerprint density at radius 2 is 1.63 bits per heavy atom. The molecule has 2 aliphatic rings. The third kappa shape index (κ3) is 6.55. The lowest BCUT2D eigenvalue weighted by molar-refractivity contribution is -0.121. The van der Waals surface area contributed by atoms with Crippen molar-refractivity contribution in [2.75, 3.05) is 32.8 Å². The van der Waals surface area contributed by atoms with Crippen LogP contribution in [0, 0.1) is 0 Å². The molecule has 0 aromatic heterocycles. The van der Waals surface area contributed by atoms with Crippen LogP contribution in [0.4, 0.5) is 0 Å². The first-order valence-corrected chi connectivity index (χ1v) is 12.4. The van der Waals surface area contributed by atoms with E-state index < -0.39 is 0 Å². The molecule has 35 heavy (non-hydrogen) atoms. The van der Waals surface area contributed by atoms with Crippen molar-refractivity contribution in [3.63, 3.8) is 0 Å². The van der Waals surface area contributed by atoms with Gasteiger partial charge in [-0.05, 0) is 79.9 Å². The Hall–Kier alpha value is -3.51. The Morgan fingerprint density at radius 1 is 0.857 bits per heavy atom. The van der Waals surface area contributed by atoms with Gasteiger partial charge in [-0.1, -0.05) is 36.4 Å². The predicted octanol–water partition coefficient (Wildman–Crippen LogP) is 4.62. The Balaban J connectivity index is 1.24. The molecule has 1 unspecified atom stereocenters. The number of nitrogens with zero attached hydrogens (tertiary/aromatic N) is 1.